The number of carbonyl (C=O) groups excluding carboxylic acids is 1. The Morgan fingerprint density at radius 1 is 1.15 bits per heavy atom. The van der Waals surface area contributed by atoms with Gasteiger partial charge in [0.05, 0.1) is 6.04 Å². The predicted octanol–water partition coefficient (Wildman–Crippen LogP) is 5.73. The summed E-state index contributed by atoms with van der Waals surface area (Å²) in [6.45, 7) is 4.14. The van der Waals surface area contributed by atoms with E-state index in [1.54, 1.807) is 0 Å². The van der Waals surface area contributed by atoms with Crippen LogP contribution in [0.15, 0.2) is 48.5 Å². The second-order valence-electron chi connectivity index (χ2n) is 6.80. The zero-order valence-electron chi connectivity index (χ0n) is 15.3. The average molecular weight is 424 g/mol. The van der Waals surface area contributed by atoms with Crippen molar-refractivity contribution in [1.82, 2.24) is 4.90 Å². The summed E-state index contributed by atoms with van der Waals surface area (Å²) < 4.78 is 6.03. The molecule has 0 N–H and O–H groups in total. The molecule has 27 heavy (non-hydrogen) atoms. The molecule has 1 fully saturated rings. The van der Waals surface area contributed by atoms with Gasteiger partial charge in [-0.2, -0.15) is 12.6 Å². The summed E-state index contributed by atoms with van der Waals surface area (Å²) in [6.07, 6.45) is 0.492. The fourth-order valence-corrected chi connectivity index (χ4v) is 4.43. The number of benzene rings is 2. The van der Waals surface area contributed by atoms with Gasteiger partial charge in [0, 0.05) is 21.3 Å². The maximum Gasteiger partial charge on any atom is 0.249 e. The zero-order chi connectivity index (χ0) is 19.6. The van der Waals surface area contributed by atoms with Crippen molar-refractivity contribution in [3.05, 3.63) is 69.7 Å². The number of thiol groups is 1. The van der Waals surface area contributed by atoms with Crippen molar-refractivity contribution < 1.29 is 9.53 Å². The van der Waals surface area contributed by atoms with Gasteiger partial charge < -0.3 is 9.64 Å². The van der Waals surface area contributed by atoms with E-state index in [9.17, 15) is 4.79 Å². The Labute approximate surface area is 176 Å². The third kappa shape index (κ3) is 4.45. The minimum absolute atomic E-state index is 0.00732. The van der Waals surface area contributed by atoms with E-state index in [0.29, 0.717) is 10.0 Å². The third-order valence-corrected chi connectivity index (χ3v) is 5.81. The molecular formula is C21H23Cl2NO2S. The quantitative estimate of drug-likeness (QED) is 0.621. The van der Waals surface area contributed by atoms with Gasteiger partial charge in [-0.15, -0.1) is 0 Å². The Hall–Kier alpha value is -1.20. The first-order valence-corrected chi connectivity index (χ1v) is 10.3. The number of rotatable bonds is 5. The number of hydrogen-bond acceptors (Lipinski definition) is 3. The molecule has 0 aliphatic carbocycles. The van der Waals surface area contributed by atoms with Crippen molar-refractivity contribution in [3.8, 4) is 0 Å². The summed E-state index contributed by atoms with van der Waals surface area (Å²) in [4.78, 5) is 14.8. The predicted molar refractivity (Wildman–Crippen MR) is 114 cm³/mol. The number of carbonyl (C=O) groups is 1. The van der Waals surface area contributed by atoms with Crippen LogP contribution in [0.2, 0.25) is 10.0 Å². The zero-order valence-corrected chi connectivity index (χ0v) is 17.7. The van der Waals surface area contributed by atoms with Gasteiger partial charge in [-0.05, 0) is 41.8 Å². The summed E-state index contributed by atoms with van der Waals surface area (Å²) in [6, 6.07) is 14.9. The van der Waals surface area contributed by atoms with E-state index >= 15 is 0 Å². The number of halogens is 2. The Bertz CT molecular complexity index is 797. The number of amides is 1. The van der Waals surface area contributed by atoms with Gasteiger partial charge in [-0.1, -0.05) is 61.3 Å². The van der Waals surface area contributed by atoms with Crippen LogP contribution >= 0.6 is 35.8 Å². The van der Waals surface area contributed by atoms with Crippen LogP contribution in [-0.2, 0) is 9.53 Å². The largest absolute Gasteiger partial charge is 0.361 e. The summed E-state index contributed by atoms with van der Waals surface area (Å²) in [5, 5.41) is 1.33. The Morgan fingerprint density at radius 2 is 1.85 bits per heavy atom. The maximum absolute atomic E-state index is 12.9. The Kier molecular flexibility index (Phi) is 6.74. The Morgan fingerprint density at radius 3 is 2.44 bits per heavy atom. The molecular weight excluding hydrogens is 401 g/mol. The SMILES string of the molecule is CC[C@@H]([C@H](C)S)N1C(=O)CO[C@H](c2cccc(Cl)c2)[C@H]1c1ccc(Cl)cc1. The molecule has 2 aromatic rings. The fourth-order valence-electron chi connectivity index (χ4n) is 3.75. The lowest BCUT2D eigenvalue weighted by atomic mass is 9.90. The van der Waals surface area contributed by atoms with E-state index < -0.39 is 0 Å². The number of ether oxygens (including phenoxy) is 1. The highest BCUT2D eigenvalue weighted by molar-refractivity contribution is 7.81. The molecule has 0 aromatic heterocycles. The molecule has 0 unspecified atom stereocenters. The molecule has 6 heteroatoms. The molecule has 4 atom stereocenters. The summed E-state index contributed by atoms with van der Waals surface area (Å²) in [5.74, 6) is -0.0269. The second kappa shape index (κ2) is 8.87. The van der Waals surface area contributed by atoms with Gasteiger partial charge in [0.1, 0.15) is 12.7 Å². The van der Waals surface area contributed by atoms with Crippen LogP contribution in [0.1, 0.15) is 43.5 Å². The molecule has 1 heterocycles. The van der Waals surface area contributed by atoms with Crippen LogP contribution in [0.25, 0.3) is 0 Å². The molecule has 3 rings (SSSR count). The summed E-state index contributed by atoms with van der Waals surface area (Å²) in [7, 11) is 0. The molecule has 0 saturated carbocycles. The minimum atomic E-state index is -0.316. The van der Waals surface area contributed by atoms with Gasteiger partial charge in [-0.25, -0.2) is 0 Å². The van der Waals surface area contributed by atoms with Crippen LogP contribution in [0.5, 0.6) is 0 Å². The molecule has 0 bridgehead atoms. The molecule has 0 spiro atoms. The lowest BCUT2D eigenvalue weighted by Gasteiger charge is -2.46. The van der Waals surface area contributed by atoms with Crippen molar-refractivity contribution in [3.63, 3.8) is 0 Å². The first-order valence-electron chi connectivity index (χ1n) is 9.04. The monoisotopic (exact) mass is 423 g/mol. The summed E-state index contributed by atoms with van der Waals surface area (Å²) >= 11 is 17.0. The van der Waals surface area contributed by atoms with E-state index in [2.05, 4.69) is 19.6 Å². The smallest absolute Gasteiger partial charge is 0.249 e. The van der Waals surface area contributed by atoms with E-state index in [1.165, 1.54) is 0 Å². The lowest BCUT2D eigenvalue weighted by Crippen LogP contribution is -2.53. The van der Waals surface area contributed by atoms with Crippen molar-refractivity contribution in [2.45, 2.75) is 43.7 Å². The van der Waals surface area contributed by atoms with E-state index in [0.717, 1.165) is 17.5 Å². The van der Waals surface area contributed by atoms with E-state index in [1.807, 2.05) is 60.4 Å². The standard InChI is InChI=1S/C21H23Cl2NO2S/c1-3-18(13(2)27)24-19(25)12-26-21(15-5-4-6-17(23)11-15)20(24)14-7-9-16(22)10-8-14/h4-11,13,18,20-21,27H,3,12H2,1-2H3/t13-,18-,20+,21+/m0/s1. The van der Waals surface area contributed by atoms with Crippen LogP contribution in [0.4, 0.5) is 0 Å². The highest BCUT2D eigenvalue weighted by atomic mass is 35.5. The van der Waals surface area contributed by atoms with E-state index in [4.69, 9.17) is 27.9 Å². The number of nitrogens with zero attached hydrogens (tertiary/aromatic N) is 1. The van der Waals surface area contributed by atoms with Crippen molar-refractivity contribution in [2.75, 3.05) is 6.61 Å². The first-order chi connectivity index (χ1) is 12.9. The van der Waals surface area contributed by atoms with Crippen LogP contribution in [0, 0.1) is 0 Å². The molecule has 2 aromatic carbocycles. The van der Waals surface area contributed by atoms with Crippen molar-refractivity contribution in [2.24, 2.45) is 0 Å². The third-order valence-electron chi connectivity index (χ3n) is 4.98. The average Bonchev–Trinajstić information content (AvgIpc) is 2.64. The highest BCUT2D eigenvalue weighted by Gasteiger charge is 2.42. The van der Waals surface area contributed by atoms with Crippen molar-refractivity contribution >= 4 is 41.7 Å². The van der Waals surface area contributed by atoms with Crippen LogP contribution in [-0.4, -0.2) is 28.7 Å². The van der Waals surface area contributed by atoms with Gasteiger partial charge in [0.15, 0.2) is 0 Å². The first kappa shape index (κ1) is 20.5. The second-order valence-corrected chi connectivity index (χ2v) is 8.49. The topological polar surface area (TPSA) is 29.5 Å². The molecule has 1 aliphatic rings. The van der Waals surface area contributed by atoms with Gasteiger partial charge >= 0.3 is 0 Å². The van der Waals surface area contributed by atoms with Crippen LogP contribution in [0.3, 0.4) is 0 Å². The molecule has 1 amide bonds. The van der Waals surface area contributed by atoms with Gasteiger partial charge in [-0.3, -0.25) is 4.79 Å². The van der Waals surface area contributed by atoms with Crippen molar-refractivity contribution in [1.29, 1.82) is 0 Å². The lowest BCUT2D eigenvalue weighted by molar-refractivity contribution is -0.163. The Balaban J connectivity index is 2.11. The fraction of sp³-hybridized carbons (Fsp3) is 0.381. The van der Waals surface area contributed by atoms with E-state index in [-0.39, 0.29) is 36.0 Å². The number of morpholine rings is 1. The molecule has 1 aliphatic heterocycles. The normalized spacial score (nSPS) is 22.6. The number of hydrogen-bond donors (Lipinski definition) is 1. The van der Waals surface area contributed by atoms with Crippen LogP contribution < -0.4 is 0 Å². The molecule has 1 saturated heterocycles. The summed E-state index contributed by atoms with van der Waals surface area (Å²) in [5.41, 5.74) is 1.92. The molecule has 3 nitrogen and oxygen atoms in total. The highest BCUT2D eigenvalue weighted by Crippen LogP contribution is 2.43. The van der Waals surface area contributed by atoms with Gasteiger partial charge in [0.25, 0.3) is 0 Å². The molecule has 0 radical (unpaired) electrons. The molecule has 144 valence electrons. The van der Waals surface area contributed by atoms with Gasteiger partial charge in [0.2, 0.25) is 5.91 Å². The maximum atomic E-state index is 12.9. The minimum Gasteiger partial charge on any atom is -0.361 e.